The summed E-state index contributed by atoms with van der Waals surface area (Å²) in [6.07, 6.45) is 5.22. The monoisotopic (exact) mass is 264 g/mol. The van der Waals surface area contributed by atoms with Crippen molar-refractivity contribution in [3.63, 3.8) is 0 Å². The predicted molar refractivity (Wildman–Crippen MR) is 70.4 cm³/mol. The molecule has 0 bridgehead atoms. The molecule has 0 saturated carbocycles. The van der Waals surface area contributed by atoms with Crippen LogP contribution in [0.1, 0.15) is 10.4 Å². The summed E-state index contributed by atoms with van der Waals surface area (Å²) in [6.45, 7) is 1.16. The first-order chi connectivity index (χ1) is 8.66. The van der Waals surface area contributed by atoms with Crippen LogP contribution < -0.4 is 11.1 Å². The summed E-state index contributed by atoms with van der Waals surface area (Å²) in [7, 11) is 0. The number of benzene rings is 1. The number of carbonyl (C=O) groups is 1. The molecule has 0 unspecified atom stereocenters. The minimum absolute atomic E-state index is 0.229. The van der Waals surface area contributed by atoms with E-state index in [1.807, 2.05) is 10.8 Å². The van der Waals surface area contributed by atoms with E-state index in [1.165, 1.54) is 0 Å². The maximum absolute atomic E-state index is 11.9. The van der Waals surface area contributed by atoms with Crippen LogP contribution in [0.15, 0.2) is 36.9 Å². The van der Waals surface area contributed by atoms with Gasteiger partial charge >= 0.3 is 0 Å². The number of nitrogens with one attached hydrogen (secondary N) is 1. The lowest BCUT2D eigenvalue weighted by Crippen LogP contribution is -2.27. The Labute approximate surface area is 110 Å². The van der Waals surface area contributed by atoms with Gasteiger partial charge < -0.3 is 15.6 Å². The molecule has 1 heterocycles. The molecule has 1 aromatic heterocycles. The number of hydrogen-bond acceptors (Lipinski definition) is 3. The van der Waals surface area contributed by atoms with E-state index < -0.39 is 0 Å². The molecule has 94 valence electrons. The van der Waals surface area contributed by atoms with Gasteiger partial charge in [-0.3, -0.25) is 4.79 Å². The Morgan fingerprint density at radius 2 is 2.33 bits per heavy atom. The SMILES string of the molecule is Nc1ccc(Cl)c(C(=O)NCCn2ccnc2)c1. The zero-order valence-electron chi connectivity index (χ0n) is 9.64. The second kappa shape index (κ2) is 5.55. The van der Waals surface area contributed by atoms with Crippen molar-refractivity contribution in [3.8, 4) is 0 Å². The van der Waals surface area contributed by atoms with Crippen molar-refractivity contribution in [2.24, 2.45) is 0 Å². The van der Waals surface area contributed by atoms with Gasteiger partial charge in [0.2, 0.25) is 0 Å². The van der Waals surface area contributed by atoms with Crippen molar-refractivity contribution < 1.29 is 4.79 Å². The lowest BCUT2D eigenvalue weighted by atomic mass is 10.2. The Hall–Kier alpha value is -2.01. The molecule has 0 spiro atoms. The Balaban J connectivity index is 1.93. The molecule has 2 rings (SSSR count). The molecule has 1 amide bonds. The van der Waals surface area contributed by atoms with Crippen molar-refractivity contribution in [2.45, 2.75) is 6.54 Å². The predicted octanol–water partition coefficient (Wildman–Crippen LogP) is 1.55. The number of hydrogen-bond donors (Lipinski definition) is 2. The fraction of sp³-hybridized carbons (Fsp3) is 0.167. The number of nitrogens with two attached hydrogens (primary N) is 1. The first-order valence-corrected chi connectivity index (χ1v) is 5.83. The molecule has 2 aromatic rings. The molecule has 0 atom stereocenters. The van der Waals surface area contributed by atoms with Gasteiger partial charge in [-0.05, 0) is 18.2 Å². The van der Waals surface area contributed by atoms with Gasteiger partial charge in [0, 0.05) is 31.2 Å². The highest BCUT2D eigenvalue weighted by Gasteiger charge is 2.09. The van der Waals surface area contributed by atoms with Gasteiger partial charge in [-0.1, -0.05) is 11.6 Å². The maximum Gasteiger partial charge on any atom is 0.252 e. The second-order valence-electron chi connectivity index (χ2n) is 3.80. The third-order valence-electron chi connectivity index (χ3n) is 2.45. The fourth-order valence-electron chi connectivity index (χ4n) is 1.53. The van der Waals surface area contributed by atoms with E-state index in [-0.39, 0.29) is 5.91 Å². The number of rotatable bonds is 4. The first-order valence-electron chi connectivity index (χ1n) is 5.46. The van der Waals surface area contributed by atoms with Crippen LogP contribution in [0.5, 0.6) is 0 Å². The van der Waals surface area contributed by atoms with Crippen LogP contribution in [-0.4, -0.2) is 22.0 Å². The Bertz CT molecular complexity index is 539. The van der Waals surface area contributed by atoms with Crippen molar-refractivity contribution in [3.05, 3.63) is 47.5 Å². The van der Waals surface area contributed by atoms with Crippen LogP contribution in [0.3, 0.4) is 0 Å². The molecule has 0 saturated heterocycles. The average Bonchev–Trinajstić information content (AvgIpc) is 2.85. The summed E-state index contributed by atoms with van der Waals surface area (Å²) in [4.78, 5) is 15.8. The minimum Gasteiger partial charge on any atom is -0.399 e. The van der Waals surface area contributed by atoms with Crippen LogP contribution in [0.2, 0.25) is 5.02 Å². The molecule has 1 aromatic carbocycles. The number of halogens is 1. The quantitative estimate of drug-likeness (QED) is 0.823. The van der Waals surface area contributed by atoms with Gasteiger partial charge in [0.1, 0.15) is 0 Å². The van der Waals surface area contributed by atoms with Crippen molar-refractivity contribution in [1.29, 1.82) is 0 Å². The van der Waals surface area contributed by atoms with Crippen LogP contribution in [0.4, 0.5) is 5.69 Å². The summed E-state index contributed by atoms with van der Waals surface area (Å²) in [5.41, 5.74) is 6.52. The van der Waals surface area contributed by atoms with E-state index in [2.05, 4.69) is 10.3 Å². The van der Waals surface area contributed by atoms with E-state index in [0.29, 0.717) is 29.4 Å². The Kier molecular flexibility index (Phi) is 3.84. The lowest BCUT2D eigenvalue weighted by molar-refractivity contribution is 0.0952. The summed E-state index contributed by atoms with van der Waals surface area (Å²) < 4.78 is 1.88. The molecule has 0 radical (unpaired) electrons. The molecule has 0 aliphatic carbocycles. The standard InChI is InChI=1S/C12H13ClN4O/c13-11-2-1-9(14)7-10(11)12(18)16-4-6-17-5-3-15-8-17/h1-3,5,7-8H,4,6,14H2,(H,16,18). The number of anilines is 1. The maximum atomic E-state index is 11.9. The van der Waals surface area contributed by atoms with E-state index >= 15 is 0 Å². The molecule has 0 fully saturated rings. The van der Waals surface area contributed by atoms with Crippen LogP contribution >= 0.6 is 11.6 Å². The van der Waals surface area contributed by atoms with Gasteiger partial charge in [0.15, 0.2) is 0 Å². The molecule has 0 aliphatic heterocycles. The van der Waals surface area contributed by atoms with Gasteiger partial charge in [0.05, 0.1) is 16.9 Å². The number of carbonyl (C=O) groups excluding carboxylic acids is 1. The van der Waals surface area contributed by atoms with Gasteiger partial charge in [0.25, 0.3) is 5.91 Å². The highest BCUT2D eigenvalue weighted by molar-refractivity contribution is 6.34. The van der Waals surface area contributed by atoms with Gasteiger partial charge in [-0.15, -0.1) is 0 Å². The second-order valence-corrected chi connectivity index (χ2v) is 4.20. The summed E-state index contributed by atoms with van der Waals surface area (Å²) in [5, 5.41) is 3.17. The zero-order chi connectivity index (χ0) is 13.0. The molecule has 5 nitrogen and oxygen atoms in total. The summed E-state index contributed by atoms with van der Waals surface area (Å²) in [5.74, 6) is -0.229. The van der Waals surface area contributed by atoms with E-state index in [0.717, 1.165) is 0 Å². The number of nitrogen functional groups attached to an aromatic ring is 1. The smallest absolute Gasteiger partial charge is 0.252 e. The average molecular weight is 265 g/mol. The number of nitrogens with zero attached hydrogens (tertiary/aromatic N) is 2. The Morgan fingerprint density at radius 3 is 3.06 bits per heavy atom. The molecular formula is C12H13ClN4O. The normalized spacial score (nSPS) is 10.3. The van der Waals surface area contributed by atoms with E-state index in [9.17, 15) is 4.79 Å². The molecular weight excluding hydrogens is 252 g/mol. The van der Waals surface area contributed by atoms with Crippen LogP contribution in [-0.2, 0) is 6.54 Å². The van der Waals surface area contributed by atoms with E-state index in [1.54, 1.807) is 30.7 Å². The molecule has 18 heavy (non-hydrogen) atoms. The zero-order valence-corrected chi connectivity index (χ0v) is 10.4. The van der Waals surface area contributed by atoms with Crippen LogP contribution in [0.25, 0.3) is 0 Å². The topological polar surface area (TPSA) is 72.9 Å². The lowest BCUT2D eigenvalue weighted by Gasteiger charge is -2.07. The highest BCUT2D eigenvalue weighted by Crippen LogP contribution is 2.18. The molecule has 0 aliphatic rings. The first kappa shape index (κ1) is 12.4. The largest absolute Gasteiger partial charge is 0.399 e. The van der Waals surface area contributed by atoms with Crippen molar-refractivity contribution >= 4 is 23.2 Å². The number of amides is 1. The minimum atomic E-state index is -0.229. The highest BCUT2D eigenvalue weighted by atomic mass is 35.5. The van der Waals surface area contributed by atoms with Crippen molar-refractivity contribution in [1.82, 2.24) is 14.9 Å². The van der Waals surface area contributed by atoms with Crippen LogP contribution in [0, 0.1) is 0 Å². The number of imidazole rings is 1. The fourth-order valence-corrected chi connectivity index (χ4v) is 1.73. The Morgan fingerprint density at radius 1 is 1.50 bits per heavy atom. The van der Waals surface area contributed by atoms with Crippen molar-refractivity contribution in [2.75, 3.05) is 12.3 Å². The molecule has 6 heteroatoms. The third kappa shape index (κ3) is 3.01. The van der Waals surface area contributed by atoms with Gasteiger partial charge in [-0.2, -0.15) is 0 Å². The van der Waals surface area contributed by atoms with Gasteiger partial charge in [-0.25, -0.2) is 4.98 Å². The third-order valence-corrected chi connectivity index (χ3v) is 2.78. The van der Waals surface area contributed by atoms with E-state index in [4.69, 9.17) is 17.3 Å². The summed E-state index contributed by atoms with van der Waals surface area (Å²) >= 11 is 5.94. The number of aromatic nitrogens is 2. The molecule has 3 N–H and O–H groups in total. The summed E-state index contributed by atoms with van der Waals surface area (Å²) in [6, 6.07) is 4.83.